The Morgan fingerprint density at radius 1 is 1.36 bits per heavy atom. The molecule has 1 aromatic carbocycles. The number of phenols is 1. The van der Waals surface area contributed by atoms with Crippen molar-refractivity contribution in [1.82, 2.24) is 4.31 Å². The first-order valence-electron chi connectivity index (χ1n) is 3.33. The number of phenolic OH excluding ortho intramolecular Hbond substituents is 1. The molecule has 1 N–H and O–H groups in total. The maximum atomic E-state index is 9.09. The van der Waals surface area contributed by atoms with Crippen molar-refractivity contribution in [3.63, 3.8) is 0 Å². The van der Waals surface area contributed by atoms with Gasteiger partial charge in [-0.25, -0.2) is 0 Å². The summed E-state index contributed by atoms with van der Waals surface area (Å²) in [6.45, 7) is 0. The van der Waals surface area contributed by atoms with Crippen molar-refractivity contribution in [2.75, 3.05) is 14.1 Å². The molecule has 11 heavy (non-hydrogen) atoms. The Balaban J connectivity index is 2.71. The van der Waals surface area contributed by atoms with E-state index in [2.05, 4.69) is 0 Å². The third-order valence-electron chi connectivity index (χ3n) is 1.11. The average molecular weight is 169 g/mol. The lowest BCUT2D eigenvalue weighted by atomic mass is 10.3. The Morgan fingerprint density at radius 2 is 2.09 bits per heavy atom. The van der Waals surface area contributed by atoms with Crippen LogP contribution < -0.4 is 0 Å². The zero-order valence-corrected chi connectivity index (χ0v) is 7.43. The highest BCUT2D eigenvalue weighted by Gasteiger charge is 1.95. The van der Waals surface area contributed by atoms with Crippen molar-refractivity contribution in [3.05, 3.63) is 24.3 Å². The van der Waals surface area contributed by atoms with E-state index in [1.807, 2.05) is 30.5 Å². The van der Waals surface area contributed by atoms with E-state index in [4.69, 9.17) is 5.11 Å². The minimum Gasteiger partial charge on any atom is -0.508 e. The van der Waals surface area contributed by atoms with Gasteiger partial charge in [-0.15, -0.1) is 0 Å². The Kier molecular flexibility index (Phi) is 2.79. The highest BCUT2D eigenvalue weighted by Crippen LogP contribution is 2.22. The fourth-order valence-corrected chi connectivity index (χ4v) is 1.49. The first-order chi connectivity index (χ1) is 5.18. The van der Waals surface area contributed by atoms with E-state index in [9.17, 15) is 0 Å². The van der Waals surface area contributed by atoms with Crippen molar-refractivity contribution in [3.8, 4) is 5.75 Å². The van der Waals surface area contributed by atoms with E-state index >= 15 is 0 Å². The number of benzene rings is 1. The van der Waals surface area contributed by atoms with Crippen molar-refractivity contribution >= 4 is 11.9 Å². The quantitative estimate of drug-likeness (QED) is 0.685. The van der Waals surface area contributed by atoms with Gasteiger partial charge >= 0.3 is 0 Å². The Labute approximate surface area is 71.0 Å². The van der Waals surface area contributed by atoms with Crippen molar-refractivity contribution in [2.24, 2.45) is 0 Å². The summed E-state index contributed by atoms with van der Waals surface area (Å²) in [4.78, 5) is 1.05. The molecule has 0 aromatic heterocycles. The van der Waals surface area contributed by atoms with Crippen LogP contribution in [0.5, 0.6) is 5.75 Å². The van der Waals surface area contributed by atoms with Crippen LogP contribution in [0.25, 0.3) is 0 Å². The van der Waals surface area contributed by atoms with Crippen LogP contribution in [0.4, 0.5) is 0 Å². The topological polar surface area (TPSA) is 23.5 Å². The molecular weight excluding hydrogens is 158 g/mol. The van der Waals surface area contributed by atoms with Gasteiger partial charge in [-0.3, -0.25) is 4.31 Å². The summed E-state index contributed by atoms with van der Waals surface area (Å²) in [6.07, 6.45) is 0. The SMILES string of the molecule is CN(C)Sc1cccc(O)c1. The summed E-state index contributed by atoms with van der Waals surface area (Å²) in [6, 6.07) is 7.20. The molecule has 3 heteroatoms. The molecule has 0 aliphatic rings. The molecule has 0 saturated carbocycles. The fourth-order valence-electron chi connectivity index (χ4n) is 0.751. The molecular formula is C8H11NOS. The minimum absolute atomic E-state index is 0.317. The summed E-state index contributed by atoms with van der Waals surface area (Å²) in [5.41, 5.74) is 0. The number of nitrogens with zero attached hydrogens (tertiary/aromatic N) is 1. The summed E-state index contributed by atoms with van der Waals surface area (Å²) in [5.74, 6) is 0.317. The highest BCUT2D eigenvalue weighted by atomic mass is 32.2. The average Bonchev–Trinajstić information content (AvgIpc) is 1.85. The molecule has 0 saturated heterocycles. The van der Waals surface area contributed by atoms with E-state index in [0.717, 1.165) is 4.90 Å². The van der Waals surface area contributed by atoms with Gasteiger partial charge in [0.1, 0.15) is 5.75 Å². The number of hydrogen-bond donors (Lipinski definition) is 1. The summed E-state index contributed by atoms with van der Waals surface area (Å²) in [7, 11) is 3.93. The molecule has 0 spiro atoms. The fraction of sp³-hybridized carbons (Fsp3) is 0.250. The van der Waals surface area contributed by atoms with E-state index < -0.39 is 0 Å². The number of hydrogen-bond acceptors (Lipinski definition) is 3. The monoisotopic (exact) mass is 169 g/mol. The van der Waals surface area contributed by atoms with Crippen LogP contribution in [0.1, 0.15) is 0 Å². The predicted molar refractivity (Wildman–Crippen MR) is 47.7 cm³/mol. The molecule has 0 atom stereocenters. The van der Waals surface area contributed by atoms with Crippen LogP contribution >= 0.6 is 11.9 Å². The van der Waals surface area contributed by atoms with Gasteiger partial charge in [-0.2, -0.15) is 0 Å². The maximum absolute atomic E-state index is 9.09. The molecule has 60 valence electrons. The lowest BCUT2D eigenvalue weighted by molar-refractivity contribution is 0.473. The van der Waals surface area contributed by atoms with E-state index in [-0.39, 0.29) is 0 Å². The maximum Gasteiger partial charge on any atom is 0.116 e. The molecule has 2 nitrogen and oxygen atoms in total. The van der Waals surface area contributed by atoms with E-state index in [1.165, 1.54) is 0 Å². The summed E-state index contributed by atoms with van der Waals surface area (Å²) >= 11 is 1.59. The first-order valence-corrected chi connectivity index (χ1v) is 4.10. The van der Waals surface area contributed by atoms with Crippen LogP contribution in [0, 0.1) is 0 Å². The lowest BCUT2D eigenvalue weighted by Gasteiger charge is -2.07. The van der Waals surface area contributed by atoms with Gasteiger partial charge in [-0.1, -0.05) is 6.07 Å². The van der Waals surface area contributed by atoms with Crippen LogP contribution in [-0.4, -0.2) is 23.5 Å². The van der Waals surface area contributed by atoms with Gasteiger partial charge in [0.2, 0.25) is 0 Å². The molecule has 0 bridgehead atoms. The second-order valence-electron chi connectivity index (χ2n) is 2.40. The van der Waals surface area contributed by atoms with Crippen molar-refractivity contribution in [1.29, 1.82) is 0 Å². The minimum atomic E-state index is 0.317. The Bertz CT molecular complexity index is 237. The van der Waals surface area contributed by atoms with E-state index in [1.54, 1.807) is 24.1 Å². The van der Waals surface area contributed by atoms with Gasteiger partial charge in [0, 0.05) is 4.90 Å². The smallest absolute Gasteiger partial charge is 0.116 e. The van der Waals surface area contributed by atoms with E-state index in [0.29, 0.717) is 5.75 Å². The normalized spacial score (nSPS) is 10.5. The van der Waals surface area contributed by atoms with Crippen LogP contribution in [0.2, 0.25) is 0 Å². The van der Waals surface area contributed by atoms with Crippen LogP contribution in [0.3, 0.4) is 0 Å². The lowest BCUT2D eigenvalue weighted by Crippen LogP contribution is -1.98. The molecule has 0 amide bonds. The first kappa shape index (κ1) is 8.43. The molecule has 1 rings (SSSR count). The molecule has 0 radical (unpaired) electrons. The second kappa shape index (κ2) is 3.64. The largest absolute Gasteiger partial charge is 0.508 e. The number of rotatable bonds is 2. The van der Waals surface area contributed by atoms with Gasteiger partial charge in [0.05, 0.1) is 0 Å². The molecule has 1 aromatic rings. The van der Waals surface area contributed by atoms with Crippen LogP contribution in [0.15, 0.2) is 29.2 Å². The molecule has 0 fully saturated rings. The summed E-state index contributed by atoms with van der Waals surface area (Å²) < 4.78 is 1.98. The second-order valence-corrected chi connectivity index (χ2v) is 3.79. The molecule has 0 unspecified atom stereocenters. The van der Waals surface area contributed by atoms with Crippen molar-refractivity contribution < 1.29 is 5.11 Å². The van der Waals surface area contributed by atoms with Crippen LogP contribution in [-0.2, 0) is 0 Å². The van der Waals surface area contributed by atoms with Gasteiger partial charge < -0.3 is 5.11 Å². The van der Waals surface area contributed by atoms with Gasteiger partial charge in [0.25, 0.3) is 0 Å². The predicted octanol–water partition coefficient (Wildman–Crippen LogP) is 1.96. The summed E-state index contributed by atoms with van der Waals surface area (Å²) in [5, 5.41) is 9.09. The molecule has 0 heterocycles. The number of aromatic hydroxyl groups is 1. The zero-order chi connectivity index (χ0) is 8.27. The zero-order valence-electron chi connectivity index (χ0n) is 6.61. The standard InChI is InChI=1S/C8H11NOS/c1-9(2)11-8-5-3-4-7(10)6-8/h3-6,10H,1-2H3. The Morgan fingerprint density at radius 3 is 2.64 bits per heavy atom. The van der Waals surface area contributed by atoms with Gasteiger partial charge in [-0.05, 0) is 44.2 Å². The molecule has 0 aliphatic heterocycles. The Hall–Kier alpha value is -0.670. The van der Waals surface area contributed by atoms with Gasteiger partial charge in [0.15, 0.2) is 0 Å². The third kappa shape index (κ3) is 2.82. The highest BCUT2D eigenvalue weighted by molar-refractivity contribution is 7.97. The van der Waals surface area contributed by atoms with Crippen molar-refractivity contribution in [2.45, 2.75) is 4.90 Å². The third-order valence-corrected chi connectivity index (χ3v) is 1.94. The molecule has 0 aliphatic carbocycles.